The number of likely N-dealkylation sites (N-methyl/N-ethyl adjacent to an activating group) is 1. The molecule has 8 heteroatoms. The molecular weight excluding hydrogens is 236 g/mol. The largest absolute Gasteiger partial charge is 0.378 e. The van der Waals surface area contributed by atoms with Crippen molar-refractivity contribution in [3.05, 3.63) is 16.4 Å². The van der Waals surface area contributed by atoms with Gasteiger partial charge in [0.2, 0.25) is 11.6 Å². The molecule has 1 fully saturated rings. The third kappa shape index (κ3) is 2.48. The van der Waals surface area contributed by atoms with E-state index in [9.17, 15) is 10.1 Å². The van der Waals surface area contributed by atoms with E-state index in [2.05, 4.69) is 14.9 Å². The molecule has 0 aliphatic carbocycles. The van der Waals surface area contributed by atoms with Gasteiger partial charge in [0.05, 0.1) is 4.92 Å². The fourth-order valence-corrected chi connectivity index (χ4v) is 2.05. The number of nitrogen functional groups attached to an aromatic ring is 1. The minimum atomic E-state index is -0.515. The second-order valence-corrected chi connectivity index (χ2v) is 4.33. The molecular formula is C10H16N6O2. The van der Waals surface area contributed by atoms with Gasteiger partial charge >= 0.3 is 5.69 Å². The molecule has 1 aromatic rings. The molecule has 98 valence electrons. The van der Waals surface area contributed by atoms with Crippen LogP contribution in [0.4, 0.5) is 17.3 Å². The van der Waals surface area contributed by atoms with Crippen LogP contribution in [0.1, 0.15) is 6.42 Å². The molecule has 2 rings (SSSR count). The van der Waals surface area contributed by atoms with E-state index in [0.717, 1.165) is 26.1 Å². The van der Waals surface area contributed by atoms with Crippen molar-refractivity contribution in [1.82, 2.24) is 14.9 Å². The second-order valence-electron chi connectivity index (χ2n) is 4.33. The molecule has 0 amide bonds. The Kier molecular flexibility index (Phi) is 3.56. The van der Waals surface area contributed by atoms with Crippen molar-refractivity contribution in [2.45, 2.75) is 6.42 Å². The molecule has 0 spiro atoms. The molecule has 1 aliphatic rings. The number of rotatable bonds is 2. The van der Waals surface area contributed by atoms with Crippen molar-refractivity contribution in [3.63, 3.8) is 0 Å². The van der Waals surface area contributed by atoms with E-state index in [0.29, 0.717) is 12.4 Å². The summed E-state index contributed by atoms with van der Waals surface area (Å²) in [5.74, 6) is 0.241. The van der Waals surface area contributed by atoms with Gasteiger partial charge in [-0.2, -0.15) is 0 Å². The minimum absolute atomic E-state index is 0.0809. The molecule has 0 radical (unpaired) electrons. The van der Waals surface area contributed by atoms with Crippen molar-refractivity contribution in [2.24, 2.45) is 0 Å². The summed E-state index contributed by atoms with van der Waals surface area (Å²) in [7, 11) is 2.03. The lowest BCUT2D eigenvalue weighted by Gasteiger charge is -2.21. The summed E-state index contributed by atoms with van der Waals surface area (Å²) in [4.78, 5) is 22.3. The molecule has 1 aromatic heterocycles. The Morgan fingerprint density at radius 1 is 1.33 bits per heavy atom. The van der Waals surface area contributed by atoms with E-state index in [1.807, 2.05) is 11.9 Å². The average molecular weight is 252 g/mol. The smallest absolute Gasteiger partial charge is 0.353 e. The predicted molar refractivity (Wildman–Crippen MR) is 67.4 cm³/mol. The van der Waals surface area contributed by atoms with Crippen LogP contribution in [-0.2, 0) is 0 Å². The van der Waals surface area contributed by atoms with Gasteiger partial charge in [0.1, 0.15) is 6.33 Å². The first-order valence-electron chi connectivity index (χ1n) is 5.78. The minimum Gasteiger partial charge on any atom is -0.378 e. The Morgan fingerprint density at radius 3 is 2.83 bits per heavy atom. The van der Waals surface area contributed by atoms with E-state index >= 15 is 0 Å². The van der Waals surface area contributed by atoms with Crippen LogP contribution in [0.2, 0.25) is 0 Å². The van der Waals surface area contributed by atoms with Crippen LogP contribution in [0.25, 0.3) is 0 Å². The van der Waals surface area contributed by atoms with Crippen LogP contribution < -0.4 is 10.6 Å². The van der Waals surface area contributed by atoms with E-state index in [4.69, 9.17) is 5.73 Å². The highest BCUT2D eigenvalue weighted by Gasteiger charge is 2.26. The van der Waals surface area contributed by atoms with Gasteiger partial charge in [-0.05, 0) is 20.0 Å². The quantitative estimate of drug-likeness (QED) is 0.588. The lowest BCUT2D eigenvalue weighted by molar-refractivity contribution is -0.383. The van der Waals surface area contributed by atoms with Crippen LogP contribution in [0, 0.1) is 10.1 Å². The zero-order chi connectivity index (χ0) is 13.1. The topological polar surface area (TPSA) is 101 Å². The highest BCUT2D eigenvalue weighted by atomic mass is 16.6. The van der Waals surface area contributed by atoms with Crippen molar-refractivity contribution in [1.29, 1.82) is 0 Å². The number of aromatic nitrogens is 2. The van der Waals surface area contributed by atoms with E-state index < -0.39 is 4.92 Å². The summed E-state index contributed by atoms with van der Waals surface area (Å²) in [6, 6.07) is 0. The molecule has 0 bridgehead atoms. The molecule has 0 atom stereocenters. The molecule has 18 heavy (non-hydrogen) atoms. The van der Waals surface area contributed by atoms with Crippen LogP contribution in [0.15, 0.2) is 6.33 Å². The monoisotopic (exact) mass is 252 g/mol. The summed E-state index contributed by atoms with van der Waals surface area (Å²) in [6.45, 7) is 3.27. The maximum Gasteiger partial charge on any atom is 0.353 e. The number of nitrogens with zero attached hydrogens (tertiary/aromatic N) is 5. The fraction of sp³-hybridized carbons (Fsp3) is 0.600. The Labute approximate surface area is 105 Å². The third-order valence-electron chi connectivity index (χ3n) is 3.03. The van der Waals surface area contributed by atoms with Gasteiger partial charge in [-0.15, -0.1) is 0 Å². The van der Waals surface area contributed by atoms with Crippen LogP contribution in [0.3, 0.4) is 0 Å². The van der Waals surface area contributed by atoms with E-state index in [-0.39, 0.29) is 11.5 Å². The standard InChI is InChI=1S/C10H16N6O2/c1-14-3-2-4-15(6-5-14)10-8(16(17)18)9(11)12-7-13-10/h7H,2-6H2,1H3,(H2,11,12,13). The van der Waals surface area contributed by atoms with E-state index in [1.54, 1.807) is 0 Å². The lowest BCUT2D eigenvalue weighted by Crippen LogP contribution is -2.30. The van der Waals surface area contributed by atoms with Crippen molar-refractivity contribution < 1.29 is 4.92 Å². The lowest BCUT2D eigenvalue weighted by atomic mass is 10.3. The van der Waals surface area contributed by atoms with Gasteiger partial charge in [0.25, 0.3) is 0 Å². The third-order valence-corrected chi connectivity index (χ3v) is 3.03. The highest BCUT2D eigenvalue weighted by Crippen LogP contribution is 2.30. The number of nitrogens with two attached hydrogens (primary N) is 1. The predicted octanol–water partition coefficient (Wildman–Crippen LogP) is 0.109. The maximum absolute atomic E-state index is 11.0. The molecule has 2 heterocycles. The number of anilines is 2. The summed E-state index contributed by atoms with van der Waals surface area (Å²) in [5, 5.41) is 11.0. The molecule has 1 saturated heterocycles. The Hall–Kier alpha value is -1.96. The number of hydrogen-bond acceptors (Lipinski definition) is 7. The Bertz CT molecular complexity index is 452. The van der Waals surface area contributed by atoms with Gasteiger partial charge < -0.3 is 15.5 Å². The van der Waals surface area contributed by atoms with Crippen LogP contribution >= 0.6 is 0 Å². The first kappa shape index (κ1) is 12.5. The summed E-state index contributed by atoms with van der Waals surface area (Å²) >= 11 is 0. The maximum atomic E-state index is 11.0. The van der Waals surface area contributed by atoms with E-state index in [1.165, 1.54) is 6.33 Å². The molecule has 1 aliphatic heterocycles. The fourth-order valence-electron chi connectivity index (χ4n) is 2.05. The van der Waals surface area contributed by atoms with Crippen LogP contribution in [-0.4, -0.2) is 53.0 Å². The summed E-state index contributed by atoms with van der Waals surface area (Å²) < 4.78 is 0. The molecule has 0 unspecified atom stereocenters. The normalized spacial score (nSPS) is 17.5. The SMILES string of the molecule is CN1CCCN(c2ncnc(N)c2[N+](=O)[O-])CC1. The molecule has 2 N–H and O–H groups in total. The second kappa shape index (κ2) is 5.13. The van der Waals surface area contributed by atoms with Crippen molar-refractivity contribution in [2.75, 3.05) is 43.9 Å². The van der Waals surface area contributed by atoms with Gasteiger partial charge in [0.15, 0.2) is 0 Å². The van der Waals surface area contributed by atoms with Gasteiger partial charge in [-0.1, -0.05) is 0 Å². The highest BCUT2D eigenvalue weighted by molar-refractivity contribution is 5.68. The van der Waals surface area contributed by atoms with Crippen LogP contribution in [0.5, 0.6) is 0 Å². The molecule has 0 saturated carbocycles. The van der Waals surface area contributed by atoms with Crippen molar-refractivity contribution in [3.8, 4) is 0 Å². The van der Waals surface area contributed by atoms with Crippen molar-refractivity contribution >= 4 is 17.3 Å². The van der Waals surface area contributed by atoms with Gasteiger partial charge in [-0.3, -0.25) is 10.1 Å². The first-order chi connectivity index (χ1) is 8.59. The Morgan fingerprint density at radius 2 is 2.11 bits per heavy atom. The Balaban J connectivity index is 2.32. The van der Waals surface area contributed by atoms with Gasteiger partial charge in [0, 0.05) is 19.6 Å². The number of hydrogen-bond donors (Lipinski definition) is 1. The molecule has 8 nitrogen and oxygen atoms in total. The molecule has 0 aromatic carbocycles. The first-order valence-corrected chi connectivity index (χ1v) is 5.78. The zero-order valence-electron chi connectivity index (χ0n) is 10.2. The average Bonchev–Trinajstić information content (AvgIpc) is 2.53. The van der Waals surface area contributed by atoms with Gasteiger partial charge in [-0.25, -0.2) is 9.97 Å². The summed E-state index contributed by atoms with van der Waals surface area (Å²) in [5.41, 5.74) is 5.37. The zero-order valence-corrected chi connectivity index (χ0v) is 10.2. The number of nitro groups is 1. The summed E-state index contributed by atoms with van der Waals surface area (Å²) in [6.07, 6.45) is 2.21.